The van der Waals surface area contributed by atoms with Crippen molar-refractivity contribution in [1.29, 1.82) is 0 Å². The maximum Gasteiger partial charge on any atom is 0.116 e. The molecule has 0 saturated heterocycles. The van der Waals surface area contributed by atoms with Crippen LogP contribution in [0.3, 0.4) is 0 Å². The molecule has 0 aliphatic heterocycles. The van der Waals surface area contributed by atoms with Crippen molar-refractivity contribution >= 4 is 16.8 Å². The molecule has 0 spiro atoms. The van der Waals surface area contributed by atoms with E-state index >= 15 is 0 Å². The Labute approximate surface area is 98.4 Å². The van der Waals surface area contributed by atoms with E-state index in [1.54, 1.807) is 18.2 Å². The summed E-state index contributed by atoms with van der Waals surface area (Å²) in [5.41, 5.74) is 9.17. The second-order valence-corrected chi connectivity index (χ2v) is 3.61. The standard InChI is InChI=1S/C13H11N3O/c14-16-15-7-1-2-10-3-4-12-9-13(17)6-5-11(12)8-10/h1-6,8-9,17H,7H2. The fourth-order valence-corrected chi connectivity index (χ4v) is 1.63. The Bertz CT molecular complexity index is 613. The maximum atomic E-state index is 9.34. The molecule has 0 radical (unpaired) electrons. The molecule has 0 atom stereocenters. The van der Waals surface area contributed by atoms with Crippen LogP contribution < -0.4 is 0 Å². The molecular formula is C13H11N3O. The highest BCUT2D eigenvalue weighted by molar-refractivity contribution is 5.85. The van der Waals surface area contributed by atoms with E-state index in [0.717, 1.165) is 16.3 Å². The number of hydrogen-bond donors (Lipinski definition) is 1. The first-order valence-corrected chi connectivity index (χ1v) is 5.20. The van der Waals surface area contributed by atoms with Crippen molar-refractivity contribution in [3.8, 4) is 5.75 Å². The van der Waals surface area contributed by atoms with Gasteiger partial charge in [0.1, 0.15) is 5.75 Å². The summed E-state index contributed by atoms with van der Waals surface area (Å²) < 4.78 is 0. The third kappa shape index (κ3) is 2.77. The van der Waals surface area contributed by atoms with Crippen LogP contribution in [0.1, 0.15) is 5.56 Å². The summed E-state index contributed by atoms with van der Waals surface area (Å²) in [6.45, 7) is 0.351. The molecule has 2 rings (SSSR count). The Morgan fingerprint density at radius 1 is 1.18 bits per heavy atom. The minimum absolute atomic E-state index is 0.268. The molecule has 1 N–H and O–H groups in total. The van der Waals surface area contributed by atoms with Gasteiger partial charge in [-0.25, -0.2) is 0 Å². The SMILES string of the molecule is [N-]=[N+]=NCC=Cc1ccc2cc(O)ccc2c1. The molecule has 0 aliphatic rings. The van der Waals surface area contributed by atoms with Crippen LogP contribution in [0.25, 0.3) is 27.3 Å². The third-order valence-corrected chi connectivity index (χ3v) is 2.41. The van der Waals surface area contributed by atoms with Gasteiger partial charge in [-0.15, -0.1) is 0 Å². The van der Waals surface area contributed by atoms with Crippen molar-refractivity contribution in [2.45, 2.75) is 0 Å². The van der Waals surface area contributed by atoms with E-state index in [4.69, 9.17) is 5.53 Å². The third-order valence-electron chi connectivity index (χ3n) is 2.41. The molecule has 0 bridgehead atoms. The van der Waals surface area contributed by atoms with Crippen LogP contribution >= 0.6 is 0 Å². The monoisotopic (exact) mass is 225 g/mol. The van der Waals surface area contributed by atoms with E-state index in [2.05, 4.69) is 10.0 Å². The molecule has 0 aromatic heterocycles. The quantitative estimate of drug-likeness (QED) is 0.480. The number of azide groups is 1. The first-order valence-electron chi connectivity index (χ1n) is 5.20. The summed E-state index contributed by atoms with van der Waals surface area (Å²) in [7, 11) is 0. The van der Waals surface area contributed by atoms with Gasteiger partial charge < -0.3 is 5.11 Å². The van der Waals surface area contributed by atoms with E-state index in [1.807, 2.05) is 30.3 Å². The number of rotatable bonds is 3. The average molecular weight is 225 g/mol. The van der Waals surface area contributed by atoms with Gasteiger partial charge in [0.2, 0.25) is 0 Å². The number of benzene rings is 2. The van der Waals surface area contributed by atoms with Crippen LogP contribution in [-0.2, 0) is 0 Å². The van der Waals surface area contributed by atoms with E-state index < -0.39 is 0 Å². The van der Waals surface area contributed by atoms with Gasteiger partial charge in [0.25, 0.3) is 0 Å². The summed E-state index contributed by atoms with van der Waals surface area (Å²) in [5, 5.41) is 14.8. The second kappa shape index (κ2) is 5.05. The molecule has 0 amide bonds. The minimum atomic E-state index is 0.268. The van der Waals surface area contributed by atoms with E-state index in [0.29, 0.717) is 6.54 Å². The highest BCUT2D eigenvalue weighted by atomic mass is 16.3. The predicted octanol–water partition coefficient (Wildman–Crippen LogP) is 3.87. The molecule has 4 nitrogen and oxygen atoms in total. The maximum absolute atomic E-state index is 9.34. The van der Waals surface area contributed by atoms with E-state index in [9.17, 15) is 5.11 Å². The zero-order chi connectivity index (χ0) is 12.1. The molecule has 0 heterocycles. The van der Waals surface area contributed by atoms with Crippen LogP contribution in [-0.4, -0.2) is 11.7 Å². The van der Waals surface area contributed by atoms with Crippen molar-refractivity contribution in [3.63, 3.8) is 0 Å². The Hall–Kier alpha value is -2.45. The van der Waals surface area contributed by atoms with Gasteiger partial charge in [-0.3, -0.25) is 0 Å². The highest BCUT2D eigenvalue weighted by Crippen LogP contribution is 2.21. The minimum Gasteiger partial charge on any atom is -0.508 e. The van der Waals surface area contributed by atoms with Crippen molar-refractivity contribution in [2.24, 2.45) is 5.11 Å². The Balaban J connectivity index is 2.28. The molecule has 2 aromatic rings. The molecular weight excluding hydrogens is 214 g/mol. The zero-order valence-corrected chi connectivity index (χ0v) is 9.11. The Morgan fingerprint density at radius 2 is 1.94 bits per heavy atom. The van der Waals surface area contributed by atoms with Gasteiger partial charge in [0.15, 0.2) is 0 Å². The fraction of sp³-hybridized carbons (Fsp3) is 0.0769. The highest BCUT2D eigenvalue weighted by Gasteiger charge is 1.95. The molecule has 84 valence electrons. The van der Waals surface area contributed by atoms with Crippen LogP contribution in [0.2, 0.25) is 0 Å². The molecule has 0 saturated carbocycles. The van der Waals surface area contributed by atoms with E-state index in [1.165, 1.54) is 0 Å². The normalized spacial score (nSPS) is 10.6. The van der Waals surface area contributed by atoms with Crippen molar-refractivity contribution in [1.82, 2.24) is 0 Å². The molecule has 0 fully saturated rings. The fourth-order valence-electron chi connectivity index (χ4n) is 1.63. The van der Waals surface area contributed by atoms with Gasteiger partial charge in [0.05, 0.1) is 0 Å². The van der Waals surface area contributed by atoms with Gasteiger partial charge >= 0.3 is 0 Å². The van der Waals surface area contributed by atoms with Gasteiger partial charge in [-0.05, 0) is 40.1 Å². The van der Waals surface area contributed by atoms with Crippen LogP contribution in [0.5, 0.6) is 5.75 Å². The lowest BCUT2D eigenvalue weighted by Crippen LogP contribution is -1.76. The average Bonchev–Trinajstić information content (AvgIpc) is 2.35. The summed E-state index contributed by atoms with van der Waals surface area (Å²) in [5.74, 6) is 0.268. The molecule has 0 unspecified atom stereocenters. The van der Waals surface area contributed by atoms with Crippen molar-refractivity contribution in [2.75, 3.05) is 6.54 Å². The van der Waals surface area contributed by atoms with Gasteiger partial charge in [0, 0.05) is 11.5 Å². The molecule has 2 aromatic carbocycles. The van der Waals surface area contributed by atoms with Crippen LogP contribution in [0, 0.1) is 0 Å². The van der Waals surface area contributed by atoms with Gasteiger partial charge in [-0.1, -0.05) is 35.5 Å². The van der Waals surface area contributed by atoms with Crippen molar-refractivity contribution in [3.05, 3.63) is 58.5 Å². The topological polar surface area (TPSA) is 69.0 Å². The second-order valence-electron chi connectivity index (χ2n) is 3.61. The largest absolute Gasteiger partial charge is 0.508 e. The number of nitrogens with zero attached hydrogens (tertiary/aromatic N) is 3. The lowest BCUT2D eigenvalue weighted by molar-refractivity contribution is 0.476. The Kier molecular flexibility index (Phi) is 3.28. The zero-order valence-electron chi connectivity index (χ0n) is 9.11. The predicted molar refractivity (Wildman–Crippen MR) is 68.7 cm³/mol. The lowest BCUT2D eigenvalue weighted by atomic mass is 10.1. The summed E-state index contributed by atoms with van der Waals surface area (Å²) in [6, 6.07) is 11.2. The van der Waals surface area contributed by atoms with Gasteiger partial charge in [-0.2, -0.15) is 0 Å². The summed E-state index contributed by atoms with van der Waals surface area (Å²) >= 11 is 0. The lowest BCUT2D eigenvalue weighted by Gasteiger charge is -2.00. The molecule has 17 heavy (non-hydrogen) atoms. The molecule has 4 heteroatoms. The first kappa shape index (κ1) is 11.0. The van der Waals surface area contributed by atoms with Crippen molar-refractivity contribution < 1.29 is 5.11 Å². The number of hydrogen-bond acceptors (Lipinski definition) is 2. The Morgan fingerprint density at radius 3 is 2.76 bits per heavy atom. The summed E-state index contributed by atoms with van der Waals surface area (Å²) in [6.07, 6.45) is 3.71. The molecule has 0 aliphatic carbocycles. The number of fused-ring (bicyclic) bond motifs is 1. The first-order chi connectivity index (χ1) is 8.29. The number of phenolic OH excluding ortho intramolecular Hbond substituents is 1. The number of phenols is 1. The van der Waals surface area contributed by atoms with Crippen LogP contribution in [0.4, 0.5) is 0 Å². The van der Waals surface area contributed by atoms with E-state index in [-0.39, 0.29) is 5.75 Å². The smallest absolute Gasteiger partial charge is 0.116 e. The number of aromatic hydroxyl groups is 1. The summed E-state index contributed by atoms with van der Waals surface area (Å²) in [4.78, 5) is 2.67. The van der Waals surface area contributed by atoms with Crippen LogP contribution in [0.15, 0.2) is 47.6 Å².